The molecule has 0 aromatic heterocycles. The number of carbonyl (C=O) groups is 2. The molecule has 274 valence electrons. The lowest BCUT2D eigenvalue weighted by Gasteiger charge is -2.24. The molecule has 0 aromatic rings. The van der Waals surface area contributed by atoms with Crippen LogP contribution in [0.1, 0.15) is 182 Å². The number of hydrogen-bond donors (Lipinski definition) is 0. The number of esters is 2. The number of carbonyl (C=O) groups excluding carboxylic acids is 2. The van der Waals surface area contributed by atoms with Gasteiger partial charge in [0.2, 0.25) is 0 Å². The van der Waals surface area contributed by atoms with E-state index < -0.39 is 0 Å². The topological polar surface area (TPSA) is 59.1 Å². The number of unbranched alkanes of at least 4 members (excludes halogenated alkanes) is 14. The maximum atomic E-state index is 12.1. The van der Waals surface area contributed by atoms with Gasteiger partial charge < -0.3 is 19.3 Å². The molecule has 0 heterocycles. The standard InChI is InChI=1S/C40H80N2O4/c1-7-11-27-37(9-3)35-45-39(43)29-23-19-15-13-17-21-25-31-42(34-33-41(5)6)32-26-22-18-14-16-20-24-30-40(44)46-36-38(10-4)28-12-8-2/h37-38H,7-36H2,1-6H3. The summed E-state index contributed by atoms with van der Waals surface area (Å²) in [6.45, 7) is 14.8. The number of ether oxygens (including phenoxy) is 2. The molecule has 6 heteroatoms. The van der Waals surface area contributed by atoms with Crippen LogP contribution in [0.5, 0.6) is 0 Å². The molecule has 46 heavy (non-hydrogen) atoms. The summed E-state index contributed by atoms with van der Waals surface area (Å²) < 4.78 is 11.1. The SMILES string of the molecule is CCCCC(CC)COC(=O)CCCCCCCCCN(CCCCCCCCCC(=O)OCC(CC)CCCC)CCN(C)C. The Balaban J connectivity index is 3.84. The second kappa shape index (κ2) is 33.7. The Morgan fingerprint density at radius 3 is 1.20 bits per heavy atom. The molecule has 6 nitrogen and oxygen atoms in total. The summed E-state index contributed by atoms with van der Waals surface area (Å²) in [5.41, 5.74) is 0. The van der Waals surface area contributed by atoms with Crippen molar-refractivity contribution in [3.63, 3.8) is 0 Å². The molecule has 0 amide bonds. The van der Waals surface area contributed by atoms with Gasteiger partial charge in [-0.15, -0.1) is 0 Å². The molecule has 0 rings (SSSR count). The number of nitrogens with zero attached hydrogens (tertiary/aromatic N) is 2. The first-order valence-corrected chi connectivity index (χ1v) is 20.0. The highest BCUT2D eigenvalue weighted by Gasteiger charge is 2.11. The van der Waals surface area contributed by atoms with Gasteiger partial charge in [0.1, 0.15) is 0 Å². The van der Waals surface area contributed by atoms with E-state index in [1.807, 2.05) is 0 Å². The predicted octanol–water partition coefficient (Wildman–Crippen LogP) is 10.6. The number of hydrogen-bond acceptors (Lipinski definition) is 6. The van der Waals surface area contributed by atoms with Crippen LogP contribution in [-0.2, 0) is 19.1 Å². The fraction of sp³-hybridized carbons (Fsp3) is 0.950. The second-order valence-electron chi connectivity index (χ2n) is 14.3. The molecule has 0 aliphatic rings. The van der Waals surface area contributed by atoms with E-state index in [1.54, 1.807) is 0 Å². The third-order valence-electron chi connectivity index (χ3n) is 9.62. The van der Waals surface area contributed by atoms with E-state index in [0.717, 1.165) is 51.6 Å². The molecule has 0 aliphatic carbocycles. The highest BCUT2D eigenvalue weighted by molar-refractivity contribution is 5.69. The molecule has 0 bridgehead atoms. The van der Waals surface area contributed by atoms with Gasteiger partial charge in [-0.2, -0.15) is 0 Å². The Morgan fingerprint density at radius 1 is 0.478 bits per heavy atom. The van der Waals surface area contributed by atoms with Gasteiger partial charge in [0.05, 0.1) is 13.2 Å². The summed E-state index contributed by atoms with van der Waals surface area (Å²) >= 11 is 0. The molecule has 0 aromatic carbocycles. The third kappa shape index (κ3) is 30.2. The Bertz CT molecular complexity index is 622. The zero-order valence-corrected chi connectivity index (χ0v) is 31.9. The van der Waals surface area contributed by atoms with Crippen molar-refractivity contribution < 1.29 is 19.1 Å². The fourth-order valence-electron chi connectivity index (χ4n) is 6.02. The highest BCUT2D eigenvalue weighted by atomic mass is 16.5. The summed E-state index contributed by atoms with van der Waals surface area (Å²) in [5.74, 6) is 1.07. The van der Waals surface area contributed by atoms with Crippen LogP contribution in [0, 0.1) is 11.8 Å². The lowest BCUT2D eigenvalue weighted by Crippen LogP contribution is -2.33. The lowest BCUT2D eigenvalue weighted by atomic mass is 10.0. The first kappa shape index (κ1) is 44.9. The molecule has 0 saturated carbocycles. The fourth-order valence-corrected chi connectivity index (χ4v) is 6.02. The van der Waals surface area contributed by atoms with Crippen LogP contribution in [-0.4, -0.2) is 75.2 Å². The predicted molar refractivity (Wildman–Crippen MR) is 197 cm³/mol. The molecule has 0 fully saturated rings. The quantitative estimate of drug-likeness (QED) is 0.0501. The first-order chi connectivity index (χ1) is 22.4. The van der Waals surface area contributed by atoms with E-state index in [9.17, 15) is 9.59 Å². The van der Waals surface area contributed by atoms with E-state index in [2.05, 4.69) is 51.6 Å². The van der Waals surface area contributed by atoms with Crippen LogP contribution >= 0.6 is 0 Å². The summed E-state index contributed by atoms with van der Waals surface area (Å²) in [7, 11) is 4.34. The van der Waals surface area contributed by atoms with Crippen LogP contribution in [0.3, 0.4) is 0 Å². The normalized spacial score (nSPS) is 13.0. The van der Waals surface area contributed by atoms with Crippen molar-refractivity contribution in [1.29, 1.82) is 0 Å². The van der Waals surface area contributed by atoms with Crippen molar-refractivity contribution in [2.24, 2.45) is 11.8 Å². The maximum absolute atomic E-state index is 12.1. The molecule has 0 N–H and O–H groups in total. The smallest absolute Gasteiger partial charge is 0.305 e. The minimum Gasteiger partial charge on any atom is -0.465 e. The third-order valence-corrected chi connectivity index (χ3v) is 9.62. The van der Waals surface area contributed by atoms with Crippen molar-refractivity contribution in [2.75, 3.05) is 53.5 Å². The summed E-state index contributed by atoms with van der Waals surface area (Å²) in [4.78, 5) is 29.1. The van der Waals surface area contributed by atoms with E-state index in [1.165, 1.54) is 116 Å². The van der Waals surface area contributed by atoms with Gasteiger partial charge in [-0.1, -0.05) is 130 Å². The molecule has 2 atom stereocenters. The van der Waals surface area contributed by atoms with Crippen molar-refractivity contribution in [1.82, 2.24) is 9.80 Å². The van der Waals surface area contributed by atoms with Gasteiger partial charge in [0.25, 0.3) is 0 Å². The first-order valence-electron chi connectivity index (χ1n) is 20.0. The van der Waals surface area contributed by atoms with Crippen LogP contribution in [0.15, 0.2) is 0 Å². The summed E-state index contributed by atoms with van der Waals surface area (Å²) in [5, 5.41) is 0. The monoisotopic (exact) mass is 653 g/mol. The average molecular weight is 653 g/mol. The van der Waals surface area contributed by atoms with Gasteiger partial charge in [-0.05, 0) is 77.5 Å². The molecule has 0 saturated heterocycles. The lowest BCUT2D eigenvalue weighted by molar-refractivity contribution is -0.146. The molecule has 0 aliphatic heterocycles. The summed E-state index contributed by atoms with van der Waals surface area (Å²) in [6, 6.07) is 0. The molecule has 2 unspecified atom stereocenters. The zero-order valence-electron chi connectivity index (χ0n) is 31.9. The molecule has 0 radical (unpaired) electrons. The van der Waals surface area contributed by atoms with Crippen LogP contribution < -0.4 is 0 Å². The Labute approximate surface area is 287 Å². The highest BCUT2D eigenvalue weighted by Crippen LogP contribution is 2.16. The van der Waals surface area contributed by atoms with E-state index >= 15 is 0 Å². The van der Waals surface area contributed by atoms with Crippen LogP contribution in [0.2, 0.25) is 0 Å². The van der Waals surface area contributed by atoms with Crippen molar-refractivity contribution in [2.45, 2.75) is 182 Å². The van der Waals surface area contributed by atoms with E-state index in [-0.39, 0.29) is 11.9 Å². The van der Waals surface area contributed by atoms with Gasteiger partial charge >= 0.3 is 11.9 Å². The molecule has 0 spiro atoms. The molecular formula is C40H80N2O4. The zero-order chi connectivity index (χ0) is 34.1. The van der Waals surface area contributed by atoms with Crippen molar-refractivity contribution in [3.8, 4) is 0 Å². The Hall–Kier alpha value is -1.14. The van der Waals surface area contributed by atoms with Gasteiger partial charge in [0, 0.05) is 25.9 Å². The van der Waals surface area contributed by atoms with Crippen LogP contribution in [0.4, 0.5) is 0 Å². The summed E-state index contributed by atoms with van der Waals surface area (Å²) in [6.07, 6.45) is 27.6. The second-order valence-corrected chi connectivity index (χ2v) is 14.3. The van der Waals surface area contributed by atoms with E-state index in [0.29, 0.717) is 37.9 Å². The van der Waals surface area contributed by atoms with Crippen molar-refractivity contribution in [3.05, 3.63) is 0 Å². The minimum atomic E-state index is 0.000134. The minimum absolute atomic E-state index is 0.000134. The number of likely N-dealkylation sites (N-methyl/N-ethyl adjacent to an activating group) is 1. The van der Waals surface area contributed by atoms with Gasteiger partial charge in [-0.3, -0.25) is 9.59 Å². The molecular weight excluding hydrogens is 572 g/mol. The largest absolute Gasteiger partial charge is 0.465 e. The number of rotatable bonds is 35. The van der Waals surface area contributed by atoms with E-state index in [4.69, 9.17) is 9.47 Å². The van der Waals surface area contributed by atoms with Gasteiger partial charge in [0.15, 0.2) is 0 Å². The van der Waals surface area contributed by atoms with Crippen LogP contribution in [0.25, 0.3) is 0 Å². The maximum Gasteiger partial charge on any atom is 0.305 e. The van der Waals surface area contributed by atoms with Gasteiger partial charge in [-0.25, -0.2) is 0 Å². The van der Waals surface area contributed by atoms with Crippen molar-refractivity contribution >= 4 is 11.9 Å². The Kier molecular flexibility index (Phi) is 32.9. The average Bonchev–Trinajstić information content (AvgIpc) is 3.05. The Morgan fingerprint density at radius 2 is 0.848 bits per heavy atom.